The van der Waals surface area contributed by atoms with Crippen molar-refractivity contribution in [2.24, 2.45) is 0 Å². The highest BCUT2D eigenvalue weighted by Crippen LogP contribution is 2.28. The number of amides is 1. The third kappa shape index (κ3) is 3.37. The van der Waals surface area contributed by atoms with Crippen molar-refractivity contribution in [1.82, 2.24) is 5.32 Å². The molecule has 0 bridgehead atoms. The highest BCUT2D eigenvalue weighted by atomic mass is 32.2. The summed E-state index contributed by atoms with van der Waals surface area (Å²) in [5, 5.41) is 2.48. The Kier molecular flexibility index (Phi) is 4.67. The van der Waals surface area contributed by atoms with Crippen molar-refractivity contribution in [3.05, 3.63) is 54.1 Å². The first kappa shape index (κ1) is 15.8. The van der Waals surface area contributed by atoms with Crippen LogP contribution in [-0.4, -0.2) is 28.5 Å². The first-order chi connectivity index (χ1) is 10.5. The number of nitrogens with one attached hydrogen (secondary N) is 2. The lowest BCUT2D eigenvalue weighted by molar-refractivity contribution is 0.0963. The molecule has 6 nitrogen and oxygen atoms in total. The smallest absolute Gasteiger partial charge is 0.262 e. The molecule has 0 aliphatic heterocycles. The second-order valence-corrected chi connectivity index (χ2v) is 6.10. The molecule has 2 rings (SSSR count). The number of hydrogen-bond donors (Lipinski definition) is 2. The van der Waals surface area contributed by atoms with E-state index in [0.29, 0.717) is 11.3 Å². The number of ether oxygens (including phenoxy) is 1. The molecular formula is C15H16N2O4S. The first-order valence-electron chi connectivity index (χ1n) is 6.46. The molecule has 116 valence electrons. The molecule has 0 aromatic heterocycles. The summed E-state index contributed by atoms with van der Waals surface area (Å²) in [6, 6.07) is 12.5. The summed E-state index contributed by atoms with van der Waals surface area (Å²) in [5.74, 6) is 0.00923. The largest absolute Gasteiger partial charge is 0.495 e. The summed E-state index contributed by atoms with van der Waals surface area (Å²) in [6.45, 7) is 0. The molecule has 2 N–H and O–H groups in total. The van der Waals surface area contributed by atoms with Crippen LogP contribution in [-0.2, 0) is 10.0 Å². The summed E-state index contributed by atoms with van der Waals surface area (Å²) < 4.78 is 32.3. The Morgan fingerprint density at radius 1 is 1.09 bits per heavy atom. The predicted molar refractivity (Wildman–Crippen MR) is 83.6 cm³/mol. The zero-order chi connectivity index (χ0) is 16.2. The fourth-order valence-corrected chi connectivity index (χ4v) is 2.96. The van der Waals surface area contributed by atoms with Crippen molar-refractivity contribution >= 4 is 21.6 Å². The monoisotopic (exact) mass is 320 g/mol. The third-order valence-electron chi connectivity index (χ3n) is 2.99. The van der Waals surface area contributed by atoms with Gasteiger partial charge in [0.2, 0.25) is 0 Å². The summed E-state index contributed by atoms with van der Waals surface area (Å²) in [4.78, 5) is 11.8. The minimum atomic E-state index is -3.76. The maximum absolute atomic E-state index is 12.4. The lowest BCUT2D eigenvalue weighted by Gasteiger charge is -2.13. The van der Waals surface area contributed by atoms with E-state index >= 15 is 0 Å². The fourth-order valence-electron chi connectivity index (χ4n) is 1.88. The molecule has 0 aliphatic carbocycles. The van der Waals surface area contributed by atoms with Crippen LogP contribution in [0.3, 0.4) is 0 Å². The second kappa shape index (κ2) is 6.48. The average Bonchev–Trinajstić information content (AvgIpc) is 2.54. The Bertz CT molecular complexity index is 773. The first-order valence-corrected chi connectivity index (χ1v) is 7.94. The fraction of sp³-hybridized carbons (Fsp3) is 0.133. The number of carbonyl (C=O) groups excluding carboxylic acids is 1. The molecule has 22 heavy (non-hydrogen) atoms. The molecule has 0 heterocycles. The molecule has 0 unspecified atom stereocenters. The molecule has 7 heteroatoms. The van der Waals surface area contributed by atoms with Gasteiger partial charge in [-0.25, -0.2) is 8.42 Å². The number of methoxy groups -OCH3 is 1. The molecule has 0 spiro atoms. The Labute approximate surface area is 129 Å². The van der Waals surface area contributed by atoms with Crippen LogP contribution in [0.25, 0.3) is 0 Å². The van der Waals surface area contributed by atoms with Crippen LogP contribution in [0, 0.1) is 0 Å². The number of anilines is 1. The lowest BCUT2D eigenvalue weighted by Crippen LogP contribution is -2.19. The van der Waals surface area contributed by atoms with Gasteiger partial charge in [0, 0.05) is 12.6 Å². The lowest BCUT2D eigenvalue weighted by atomic mass is 10.2. The van der Waals surface area contributed by atoms with E-state index in [2.05, 4.69) is 10.0 Å². The quantitative estimate of drug-likeness (QED) is 0.880. The average molecular weight is 320 g/mol. The van der Waals surface area contributed by atoms with E-state index in [1.54, 1.807) is 24.3 Å². The highest BCUT2D eigenvalue weighted by molar-refractivity contribution is 7.92. The van der Waals surface area contributed by atoms with Gasteiger partial charge in [-0.05, 0) is 30.3 Å². The van der Waals surface area contributed by atoms with Crippen LogP contribution < -0.4 is 14.8 Å². The van der Waals surface area contributed by atoms with Gasteiger partial charge >= 0.3 is 0 Å². The molecule has 0 saturated heterocycles. The van der Waals surface area contributed by atoms with Gasteiger partial charge in [-0.2, -0.15) is 0 Å². The van der Waals surface area contributed by atoms with Gasteiger partial charge < -0.3 is 10.1 Å². The summed E-state index contributed by atoms with van der Waals surface area (Å²) in [6.07, 6.45) is 0. The van der Waals surface area contributed by atoms with E-state index < -0.39 is 10.0 Å². The van der Waals surface area contributed by atoms with Gasteiger partial charge in [-0.15, -0.1) is 0 Å². The van der Waals surface area contributed by atoms with Crippen LogP contribution in [0.1, 0.15) is 10.4 Å². The Balaban J connectivity index is 2.41. The molecule has 0 radical (unpaired) electrons. The van der Waals surface area contributed by atoms with Crippen molar-refractivity contribution in [3.8, 4) is 5.75 Å². The summed E-state index contributed by atoms with van der Waals surface area (Å²) in [5.41, 5.74) is 0.529. The third-order valence-corrected chi connectivity index (χ3v) is 4.37. The Morgan fingerprint density at radius 2 is 1.77 bits per heavy atom. The molecule has 0 aliphatic rings. The van der Waals surface area contributed by atoms with Gasteiger partial charge in [0.1, 0.15) is 5.75 Å². The number of benzene rings is 2. The van der Waals surface area contributed by atoms with Gasteiger partial charge in [0.05, 0.1) is 17.7 Å². The highest BCUT2D eigenvalue weighted by Gasteiger charge is 2.17. The standard InChI is InChI=1S/C15H16N2O4S/c1-16-15(18)11-8-9-14(21-2)13(10-11)17-22(19,20)12-6-4-3-5-7-12/h3-10,17H,1-2H3,(H,16,18). The number of hydrogen-bond acceptors (Lipinski definition) is 4. The normalized spacial score (nSPS) is 10.8. The van der Waals surface area contributed by atoms with Gasteiger partial charge in [-0.1, -0.05) is 18.2 Å². The number of sulfonamides is 1. The van der Waals surface area contributed by atoms with Crippen molar-refractivity contribution in [2.45, 2.75) is 4.90 Å². The van der Waals surface area contributed by atoms with E-state index in [0.717, 1.165) is 0 Å². The zero-order valence-electron chi connectivity index (χ0n) is 12.2. The topological polar surface area (TPSA) is 84.5 Å². The maximum Gasteiger partial charge on any atom is 0.262 e. The van der Waals surface area contributed by atoms with E-state index in [1.807, 2.05) is 0 Å². The molecule has 0 fully saturated rings. The van der Waals surface area contributed by atoms with Crippen LogP contribution in [0.4, 0.5) is 5.69 Å². The van der Waals surface area contributed by atoms with Crippen LogP contribution in [0.2, 0.25) is 0 Å². The summed E-state index contributed by atoms with van der Waals surface area (Å²) in [7, 11) is -0.831. The van der Waals surface area contributed by atoms with Crippen molar-refractivity contribution < 1.29 is 17.9 Å². The molecule has 1 amide bonds. The molecule has 2 aromatic carbocycles. The molecular weight excluding hydrogens is 304 g/mol. The molecule has 0 saturated carbocycles. The minimum absolute atomic E-state index is 0.127. The van der Waals surface area contributed by atoms with Crippen LogP contribution in [0.15, 0.2) is 53.4 Å². The molecule has 0 atom stereocenters. The van der Waals surface area contributed by atoms with Gasteiger partial charge in [-0.3, -0.25) is 9.52 Å². The number of carbonyl (C=O) groups is 1. The molecule has 2 aromatic rings. The van der Waals surface area contributed by atoms with Crippen molar-refractivity contribution in [1.29, 1.82) is 0 Å². The van der Waals surface area contributed by atoms with Gasteiger partial charge in [0.15, 0.2) is 0 Å². The van der Waals surface area contributed by atoms with Crippen molar-refractivity contribution in [2.75, 3.05) is 18.9 Å². The summed E-state index contributed by atoms with van der Waals surface area (Å²) >= 11 is 0. The van der Waals surface area contributed by atoms with E-state index in [-0.39, 0.29) is 16.5 Å². The van der Waals surface area contributed by atoms with E-state index in [1.165, 1.54) is 38.4 Å². The Hall–Kier alpha value is -2.54. The van der Waals surface area contributed by atoms with E-state index in [9.17, 15) is 13.2 Å². The van der Waals surface area contributed by atoms with Crippen LogP contribution in [0.5, 0.6) is 5.75 Å². The van der Waals surface area contributed by atoms with Crippen molar-refractivity contribution in [3.63, 3.8) is 0 Å². The SMILES string of the molecule is CNC(=O)c1ccc(OC)c(NS(=O)(=O)c2ccccc2)c1. The van der Waals surface area contributed by atoms with Crippen LogP contribution >= 0.6 is 0 Å². The maximum atomic E-state index is 12.4. The second-order valence-electron chi connectivity index (χ2n) is 4.41. The zero-order valence-corrected chi connectivity index (χ0v) is 13.0. The van der Waals surface area contributed by atoms with E-state index in [4.69, 9.17) is 4.74 Å². The predicted octanol–water partition coefficient (Wildman–Crippen LogP) is 1.86. The number of rotatable bonds is 5. The van der Waals surface area contributed by atoms with Gasteiger partial charge in [0.25, 0.3) is 15.9 Å². The minimum Gasteiger partial charge on any atom is -0.495 e. The Morgan fingerprint density at radius 3 is 2.36 bits per heavy atom.